The Morgan fingerprint density at radius 1 is 1.43 bits per heavy atom. The summed E-state index contributed by atoms with van der Waals surface area (Å²) in [7, 11) is 0. The van der Waals surface area contributed by atoms with E-state index in [-0.39, 0.29) is 11.3 Å². The number of halogens is 1. The SMILES string of the molecule is O=C(O)c1cccc(CNc2ncc([N+](=O)[O-])cc2Br)c1. The number of rotatable bonds is 5. The number of anilines is 1. The standard InChI is InChI=1S/C13H10BrN3O4/c14-11-5-10(17(20)21)7-16-12(11)15-6-8-2-1-3-9(4-8)13(18)19/h1-5,7H,6H2,(H,15,16)(H,18,19). The van der Waals surface area contributed by atoms with Gasteiger partial charge in [-0.15, -0.1) is 0 Å². The van der Waals surface area contributed by atoms with Crippen LogP contribution in [0.1, 0.15) is 15.9 Å². The van der Waals surface area contributed by atoms with Gasteiger partial charge in [-0.25, -0.2) is 9.78 Å². The highest BCUT2D eigenvalue weighted by atomic mass is 79.9. The number of carboxylic acids is 1. The van der Waals surface area contributed by atoms with Gasteiger partial charge >= 0.3 is 5.97 Å². The number of carbonyl (C=O) groups is 1. The van der Waals surface area contributed by atoms with Crippen LogP contribution < -0.4 is 5.32 Å². The molecule has 0 aliphatic heterocycles. The molecule has 2 aromatic rings. The first-order valence-corrected chi connectivity index (χ1v) is 6.62. The van der Waals surface area contributed by atoms with Gasteiger partial charge in [-0.05, 0) is 33.6 Å². The molecule has 0 spiro atoms. The first-order valence-electron chi connectivity index (χ1n) is 5.83. The van der Waals surface area contributed by atoms with Gasteiger partial charge in [0, 0.05) is 12.6 Å². The van der Waals surface area contributed by atoms with Crippen LogP contribution >= 0.6 is 15.9 Å². The highest BCUT2D eigenvalue weighted by Crippen LogP contribution is 2.24. The molecule has 0 radical (unpaired) electrons. The predicted octanol–water partition coefficient (Wildman–Crippen LogP) is 3.06. The van der Waals surface area contributed by atoms with Gasteiger partial charge in [-0.2, -0.15) is 0 Å². The number of nitrogens with zero attached hydrogens (tertiary/aromatic N) is 2. The first-order chi connectivity index (χ1) is 9.97. The largest absolute Gasteiger partial charge is 0.478 e. The van der Waals surface area contributed by atoms with Gasteiger partial charge < -0.3 is 10.4 Å². The van der Waals surface area contributed by atoms with Gasteiger partial charge in [0.25, 0.3) is 5.69 Å². The molecule has 0 fully saturated rings. The van der Waals surface area contributed by atoms with Crippen molar-refractivity contribution in [3.63, 3.8) is 0 Å². The number of hydrogen-bond acceptors (Lipinski definition) is 5. The zero-order chi connectivity index (χ0) is 15.4. The van der Waals surface area contributed by atoms with E-state index in [9.17, 15) is 14.9 Å². The molecular formula is C13H10BrN3O4. The van der Waals surface area contributed by atoms with Crippen molar-refractivity contribution in [3.8, 4) is 0 Å². The summed E-state index contributed by atoms with van der Waals surface area (Å²) in [5.74, 6) is -0.548. The van der Waals surface area contributed by atoms with E-state index < -0.39 is 10.9 Å². The molecule has 108 valence electrons. The first kappa shape index (κ1) is 14.9. The lowest BCUT2D eigenvalue weighted by Crippen LogP contribution is -2.04. The Hall–Kier alpha value is -2.48. The molecule has 2 rings (SSSR count). The Bertz CT molecular complexity index is 706. The number of nitrogens with one attached hydrogen (secondary N) is 1. The summed E-state index contributed by atoms with van der Waals surface area (Å²) < 4.78 is 0.464. The summed E-state index contributed by atoms with van der Waals surface area (Å²) in [5, 5.41) is 22.5. The zero-order valence-electron chi connectivity index (χ0n) is 10.6. The number of aromatic nitrogens is 1. The molecule has 0 unspecified atom stereocenters. The van der Waals surface area contributed by atoms with Crippen molar-refractivity contribution in [1.82, 2.24) is 4.98 Å². The lowest BCUT2D eigenvalue weighted by molar-refractivity contribution is -0.385. The fraction of sp³-hybridized carbons (Fsp3) is 0.0769. The smallest absolute Gasteiger partial charge is 0.335 e. The van der Waals surface area contributed by atoms with Gasteiger partial charge in [-0.3, -0.25) is 10.1 Å². The molecule has 21 heavy (non-hydrogen) atoms. The Morgan fingerprint density at radius 2 is 2.19 bits per heavy atom. The van der Waals surface area contributed by atoms with Crippen LogP contribution in [0.3, 0.4) is 0 Å². The molecule has 0 aliphatic rings. The van der Waals surface area contributed by atoms with Crippen LogP contribution in [0.25, 0.3) is 0 Å². The van der Waals surface area contributed by atoms with Gasteiger partial charge in [0.1, 0.15) is 12.0 Å². The average Bonchev–Trinajstić information content (AvgIpc) is 2.46. The molecule has 8 heteroatoms. The number of carboxylic acid groups (broad SMARTS) is 1. The summed E-state index contributed by atoms with van der Waals surface area (Å²) in [5.41, 5.74) is 0.854. The van der Waals surface area contributed by atoms with Gasteiger partial charge in [0.2, 0.25) is 0 Å². The fourth-order valence-electron chi connectivity index (χ4n) is 1.66. The predicted molar refractivity (Wildman–Crippen MR) is 79.3 cm³/mol. The molecular weight excluding hydrogens is 342 g/mol. The maximum atomic E-state index is 10.9. The third-order valence-electron chi connectivity index (χ3n) is 2.67. The molecule has 0 saturated carbocycles. The van der Waals surface area contributed by atoms with Crippen molar-refractivity contribution in [3.05, 3.63) is 62.2 Å². The van der Waals surface area contributed by atoms with Gasteiger partial charge in [0.05, 0.1) is 15.0 Å². The maximum Gasteiger partial charge on any atom is 0.335 e. The third kappa shape index (κ3) is 3.76. The second-order valence-electron chi connectivity index (χ2n) is 4.14. The Kier molecular flexibility index (Phi) is 4.49. The number of hydrogen-bond donors (Lipinski definition) is 2. The molecule has 1 heterocycles. The minimum absolute atomic E-state index is 0.111. The number of nitro groups is 1. The van der Waals surface area contributed by atoms with Crippen LogP contribution in [0, 0.1) is 10.1 Å². The van der Waals surface area contributed by atoms with Crippen molar-refractivity contribution in [1.29, 1.82) is 0 Å². The van der Waals surface area contributed by atoms with E-state index in [1.807, 2.05) is 0 Å². The summed E-state index contributed by atoms with van der Waals surface area (Å²) >= 11 is 3.20. The molecule has 0 amide bonds. The number of aromatic carboxylic acids is 1. The molecule has 0 saturated heterocycles. The van der Waals surface area contributed by atoms with E-state index >= 15 is 0 Å². The molecule has 0 bridgehead atoms. The fourth-order valence-corrected chi connectivity index (χ4v) is 2.13. The topological polar surface area (TPSA) is 105 Å². The molecule has 1 aromatic heterocycles. The molecule has 0 aliphatic carbocycles. The number of pyridine rings is 1. The Balaban J connectivity index is 2.11. The minimum atomic E-state index is -0.994. The van der Waals surface area contributed by atoms with E-state index in [2.05, 4.69) is 26.2 Å². The van der Waals surface area contributed by atoms with E-state index in [1.165, 1.54) is 12.1 Å². The minimum Gasteiger partial charge on any atom is -0.478 e. The highest BCUT2D eigenvalue weighted by molar-refractivity contribution is 9.10. The van der Waals surface area contributed by atoms with Gasteiger partial charge in [-0.1, -0.05) is 12.1 Å². The van der Waals surface area contributed by atoms with Crippen molar-refractivity contribution < 1.29 is 14.8 Å². The average molecular weight is 352 g/mol. The Morgan fingerprint density at radius 3 is 2.81 bits per heavy atom. The van der Waals surface area contributed by atoms with Crippen LogP contribution in [0.5, 0.6) is 0 Å². The van der Waals surface area contributed by atoms with Crippen LogP contribution in [0.4, 0.5) is 11.5 Å². The summed E-state index contributed by atoms with van der Waals surface area (Å²) in [6.45, 7) is 0.352. The van der Waals surface area contributed by atoms with Crippen LogP contribution in [-0.4, -0.2) is 21.0 Å². The summed E-state index contributed by atoms with van der Waals surface area (Å²) in [6, 6.07) is 7.83. The van der Waals surface area contributed by atoms with E-state index in [1.54, 1.807) is 18.2 Å². The summed E-state index contributed by atoms with van der Waals surface area (Å²) in [6.07, 6.45) is 1.15. The Labute approximate surface area is 127 Å². The number of benzene rings is 1. The molecule has 0 atom stereocenters. The second-order valence-corrected chi connectivity index (χ2v) is 4.99. The van der Waals surface area contributed by atoms with Gasteiger partial charge in [0.15, 0.2) is 0 Å². The van der Waals surface area contributed by atoms with Crippen molar-refractivity contribution in [2.75, 3.05) is 5.32 Å². The normalized spacial score (nSPS) is 10.1. The molecule has 7 nitrogen and oxygen atoms in total. The van der Waals surface area contributed by atoms with Crippen LogP contribution in [-0.2, 0) is 6.54 Å². The summed E-state index contributed by atoms with van der Waals surface area (Å²) in [4.78, 5) is 24.9. The maximum absolute atomic E-state index is 10.9. The van der Waals surface area contributed by atoms with E-state index in [4.69, 9.17) is 5.11 Å². The van der Waals surface area contributed by atoms with Crippen molar-refractivity contribution >= 4 is 33.4 Å². The van der Waals surface area contributed by atoms with Crippen LogP contribution in [0.15, 0.2) is 41.0 Å². The lowest BCUT2D eigenvalue weighted by atomic mass is 10.1. The van der Waals surface area contributed by atoms with Crippen molar-refractivity contribution in [2.24, 2.45) is 0 Å². The monoisotopic (exact) mass is 351 g/mol. The molecule has 1 aromatic carbocycles. The van der Waals surface area contributed by atoms with Crippen LogP contribution in [0.2, 0.25) is 0 Å². The third-order valence-corrected chi connectivity index (χ3v) is 3.28. The lowest BCUT2D eigenvalue weighted by Gasteiger charge is -2.08. The highest BCUT2D eigenvalue weighted by Gasteiger charge is 2.10. The quantitative estimate of drug-likeness (QED) is 0.633. The van der Waals surface area contributed by atoms with Crippen molar-refractivity contribution in [2.45, 2.75) is 6.54 Å². The van der Waals surface area contributed by atoms with E-state index in [0.29, 0.717) is 16.8 Å². The zero-order valence-corrected chi connectivity index (χ0v) is 12.2. The molecule has 2 N–H and O–H groups in total. The van der Waals surface area contributed by atoms with E-state index in [0.717, 1.165) is 11.8 Å². The second kappa shape index (κ2) is 6.31.